The first-order valence-corrected chi connectivity index (χ1v) is 10.2. The molecule has 4 fully saturated rings. The summed E-state index contributed by atoms with van der Waals surface area (Å²) in [5, 5.41) is 6.24. The fraction of sp³-hybridized carbons (Fsp3) is 0.435. The van der Waals surface area contributed by atoms with Crippen molar-refractivity contribution in [3.8, 4) is 11.1 Å². The Kier molecular flexibility index (Phi) is 4.36. The Hall–Kier alpha value is -2.33. The van der Waals surface area contributed by atoms with Gasteiger partial charge < -0.3 is 15.5 Å². The van der Waals surface area contributed by atoms with Crippen LogP contribution in [0.3, 0.4) is 0 Å². The molecular weight excluding hydrogens is 334 g/mol. The van der Waals surface area contributed by atoms with Crippen molar-refractivity contribution in [3.05, 3.63) is 54.6 Å². The van der Waals surface area contributed by atoms with E-state index in [0.29, 0.717) is 5.92 Å². The summed E-state index contributed by atoms with van der Waals surface area (Å²) < 4.78 is 0. The second-order valence-corrected chi connectivity index (χ2v) is 8.49. The van der Waals surface area contributed by atoms with Crippen LogP contribution in [0.2, 0.25) is 0 Å². The summed E-state index contributed by atoms with van der Waals surface area (Å²) in [4.78, 5) is 15.2. The first-order valence-electron chi connectivity index (χ1n) is 10.2. The zero-order valence-electron chi connectivity index (χ0n) is 15.6. The number of rotatable bonds is 4. The topological polar surface area (TPSA) is 44.4 Å². The minimum absolute atomic E-state index is 0.0903. The standard InChI is InChI=1S/C23H27N3O/c27-23(24-12-21-18-10-16-11-19(21)15-26(13-16)14-18)25-22-9-5-4-8-20(22)17-6-2-1-3-7-17/h1-9,16,18-19,21H,10-15H2,(H2,24,25,27)/t16?,18-,19+,21?. The molecule has 0 aromatic heterocycles. The van der Waals surface area contributed by atoms with Gasteiger partial charge in [0, 0.05) is 31.7 Å². The molecule has 0 radical (unpaired) electrons. The summed E-state index contributed by atoms with van der Waals surface area (Å²) in [7, 11) is 0. The van der Waals surface area contributed by atoms with Crippen molar-refractivity contribution in [2.24, 2.45) is 23.7 Å². The Morgan fingerprint density at radius 1 is 0.926 bits per heavy atom. The lowest BCUT2D eigenvalue weighted by Crippen LogP contribution is -2.59. The number of piperidine rings is 3. The summed E-state index contributed by atoms with van der Waals surface area (Å²) in [5.74, 6) is 3.10. The summed E-state index contributed by atoms with van der Waals surface area (Å²) >= 11 is 0. The maximum Gasteiger partial charge on any atom is 0.319 e. The van der Waals surface area contributed by atoms with Crippen LogP contribution in [0.25, 0.3) is 11.1 Å². The predicted octanol–water partition coefficient (Wildman–Crippen LogP) is 4.06. The molecule has 2 aromatic carbocycles. The molecule has 3 aliphatic heterocycles. The van der Waals surface area contributed by atoms with E-state index in [1.165, 1.54) is 32.5 Å². The van der Waals surface area contributed by atoms with Crippen LogP contribution in [-0.2, 0) is 0 Å². The van der Waals surface area contributed by atoms with Gasteiger partial charge in [0.15, 0.2) is 0 Å². The molecule has 6 rings (SSSR count). The smallest absolute Gasteiger partial charge is 0.319 e. The molecule has 4 nitrogen and oxygen atoms in total. The minimum atomic E-state index is -0.0903. The number of hydrogen-bond donors (Lipinski definition) is 2. The molecule has 2 amide bonds. The number of nitrogens with one attached hydrogen (secondary N) is 2. The molecule has 1 aliphatic carbocycles. The lowest BCUT2D eigenvalue weighted by atomic mass is 9.62. The fourth-order valence-corrected chi connectivity index (χ4v) is 5.68. The number of para-hydroxylation sites is 1. The quantitative estimate of drug-likeness (QED) is 0.862. The number of urea groups is 1. The minimum Gasteiger partial charge on any atom is -0.338 e. The molecule has 5 atom stereocenters. The SMILES string of the molecule is O=C(NCC1[C@@H]2CC3C[C@H]1CN(C3)C2)Nc1ccccc1-c1ccccc1. The van der Waals surface area contributed by atoms with Gasteiger partial charge in [0.05, 0.1) is 5.69 Å². The van der Waals surface area contributed by atoms with Gasteiger partial charge in [-0.05, 0) is 48.1 Å². The van der Waals surface area contributed by atoms with Crippen LogP contribution in [0.4, 0.5) is 10.5 Å². The van der Waals surface area contributed by atoms with Crippen LogP contribution < -0.4 is 10.6 Å². The highest BCUT2D eigenvalue weighted by Crippen LogP contribution is 2.46. The Morgan fingerprint density at radius 2 is 1.63 bits per heavy atom. The molecule has 4 heteroatoms. The van der Waals surface area contributed by atoms with Gasteiger partial charge in [-0.25, -0.2) is 4.79 Å². The van der Waals surface area contributed by atoms with E-state index in [1.54, 1.807) is 0 Å². The van der Waals surface area contributed by atoms with Gasteiger partial charge >= 0.3 is 6.03 Å². The van der Waals surface area contributed by atoms with Crippen LogP contribution >= 0.6 is 0 Å². The van der Waals surface area contributed by atoms with Crippen LogP contribution in [0, 0.1) is 23.7 Å². The monoisotopic (exact) mass is 361 g/mol. The third kappa shape index (κ3) is 3.34. The molecule has 2 aromatic rings. The zero-order valence-corrected chi connectivity index (χ0v) is 15.6. The number of benzene rings is 2. The highest BCUT2D eigenvalue weighted by Gasteiger charge is 2.47. The normalized spacial score (nSPS) is 30.9. The molecule has 2 N–H and O–H groups in total. The molecule has 140 valence electrons. The zero-order chi connectivity index (χ0) is 18.2. The molecule has 4 bridgehead atoms. The van der Waals surface area contributed by atoms with E-state index in [-0.39, 0.29) is 6.03 Å². The van der Waals surface area contributed by atoms with Crippen molar-refractivity contribution in [1.29, 1.82) is 0 Å². The maximum atomic E-state index is 12.6. The van der Waals surface area contributed by atoms with Crippen molar-refractivity contribution in [1.82, 2.24) is 10.2 Å². The largest absolute Gasteiger partial charge is 0.338 e. The van der Waals surface area contributed by atoms with E-state index in [4.69, 9.17) is 0 Å². The number of amides is 2. The highest BCUT2D eigenvalue weighted by atomic mass is 16.2. The Morgan fingerprint density at radius 3 is 2.37 bits per heavy atom. The van der Waals surface area contributed by atoms with Crippen molar-refractivity contribution < 1.29 is 4.79 Å². The van der Waals surface area contributed by atoms with Gasteiger partial charge in [0.25, 0.3) is 0 Å². The Labute approximate surface area is 161 Å². The molecule has 27 heavy (non-hydrogen) atoms. The van der Waals surface area contributed by atoms with E-state index in [0.717, 1.165) is 41.1 Å². The molecular formula is C23H27N3O. The Balaban J connectivity index is 1.23. The molecule has 3 unspecified atom stereocenters. The van der Waals surface area contributed by atoms with Crippen molar-refractivity contribution in [2.45, 2.75) is 12.8 Å². The second-order valence-electron chi connectivity index (χ2n) is 8.49. The summed E-state index contributed by atoms with van der Waals surface area (Å²) in [5.41, 5.74) is 3.02. The number of nitrogens with zero attached hydrogens (tertiary/aromatic N) is 1. The number of hydrogen-bond acceptors (Lipinski definition) is 2. The predicted molar refractivity (Wildman–Crippen MR) is 109 cm³/mol. The number of carbonyl (C=O) groups excluding carboxylic acids is 1. The van der Waals surface area contributed by atoms with Crippen molar-refractivity contribution in [2.75, 3.05) is 31.5 Å². The van der Waals surface area contributed by atoms with Gasteiger partial charge in [-0.1, -0.05) is 48.5 Å². The number of anilines is 1. The maximum absolute atomic E-state index is 12.6. The molecule has 1 saturated carbocycles. The van der Waals surface area contributed by atoms with Crippen LogP contribution in [0.5, 0.6) is 0 Å². The van der Waals surface area contributed by atoms with Crippen LogP contribution in [0.15, 0.2) is 54.6 Å². The summed E-state index contributed by atoms with van der Waals surface area (Å²) in [6.07, 6.45) is 2.72. The van der Waals surface area contributed by atoms with Crippen LogP contribution in [-0.4, -0.2) is 37.1 Å². The van der Waals surface area contributed by atoms with Crippen molar-refractivity contribution >= 4 is 11.7 Å². The van der Waals surface area contributed by atoms with E-state index in [2.05, 4.69) is 33.7 Å². The fourth-order valence-electron chi connectivity index (χ4n) is 5.68. The van der Waals surface area contributed by atoms with Crippen molar-refractivity contribution in [3.63, 3.8) is 0 Å². The van der Waals surface area contributed by atoms with E-state index in [9.17, 15) is 4.79 Å². The van der Waals surface area contributed by atoms with Gasteiger partial charge in [0.1, 0.15) is 0 Å². The average Bonchev–Trinajstić information content (AvgIpc) is 2.68. The first-order chi connectivity index (χ1) is 13.3. The van der Waals surface area contributed by atoms with Gasteiger partial charge in [-0.3, -0.25) is 0 Å². The Bertz CT molecular complexity index is 791. The first kappa shape index (κ1) is 16.8. The van der Waals surface area contributed by atoms with E-state index in [1.807, 2.05) is 36.4 Å². The van der Waals surface area contributed by atoms with Gasteiger partial charge in [0.2, 0.25) is 0 Å². The van der Waals surface area contributed by atoms with Gasteiger partial charge in [-0.15, -0.1) is 0 Å². The van der Waals surface area contributed by atoms with E-state index >= 15 is 0 Å². The molecule has 0 spiro atoms. The third-order valence-corrected chi connectivity index (χ3v) is 6.74. The second kappa shape index (κ2) is 7.01. The lowest BCUT2D eigenvalue weighted by molar-refractivity contribution is -0.0621. The molecule has 3 heterocycles. The van der Waals surface area contributed by atoms with E-state index < -0.39 is 0 Å². The molecule has 3 saturated heterocycles. The molecule has 4 aliphatic rings. The van der Waals surface area contributed by atoms with Crippen LogP contribution in [0.1, 0.15) is 12.8 Å². The summed E-state index contributed by atoms with van der Waals surface area (Å²) in [6, 6.07) is 18.1. The highest BCUT2D eigenvalue weighted by molar-refractivity contribution is 5.94. The third-order valence-electron chi connectivity index (χ3n) is 6.74. The summed E-state index contributed by atoms with van der Waals surface area (Å²) in [6.45, 7) is 4.58. The lowest BCUT2D eigenvalue weighted by Gasteiger charge is -2.56. The number of carbonyl (C=O) groups is 1. The average molecular weight is 361 g/mol. The van der Waals surface area contributed by atoms with Gasteiger partial charge in [-0.2, -0.15) is 0 Å².